The SMILES string of the molecule is C[C@]12C[C@H]3C[C@@](CO)(C1)C[C@@](c1ccccc1)(C3)C2. The lowest BCUT2D eigenvalue weighted by Gasteiger charge is -2.66. The van der Waals surface area contributed by atoms with Crippen molar-refractivity contribution in [1.29, 1.82) is 0 Å². The maximum atomic E-state index is 10.0. The fourth-order valence-corrected chi connectivity index (χ4v) is 6.43. The van der Waals surface area contributed by atoms with E-state index in [1.807, 2.05) is 0 Å². The van der Waals surface area contributed by atoms with Crippen LogP contribution in [0.2, 0.25) is 0 Å². The zero-order chi connectivity index (χ0) is 13.1. The Morgan fingerprint density at radius 3 is 2.53 bits per heavy atom. The molecular formula is C18H24O. The van der Waals surface area contributed by atoms with Crippen LogP contribution in [0, 0.1) is 16.7 Å². The minimum absolute atomic E-state index is 0.226. The molecule has 4 aliphatic rings. The summed E-state index contributed by atoms with van der Waals surface area (Å²) in [6.45, 7) is 2.87. The van der Waals surface area contributed by atoms with Crippen molar-refractivity contribution in [2.45, 2.75) is 50.9 Å². The van der Waals surface area contributed by atoms with E-state index in [9.17, 15) is 5.11 Å². The number of hydrogen-bond acceptors (Lipinski definition) is 1. The first-order valence-electron chi connectivity index (χ1n) is 7.74. The zero-order valence-electron chi connectivity index (χ0n) is 11.9. The molecule has 19 heavy (non-hydrogen) atoms. The van der Waals surface area contributed by atoms with E-state index in [0.717, 1.165) is 5.92 Å². The molecule has 0 heterocycles. The topological polar surface area (TPSA) is 20.2 Å². The Morgan fingerprint density at radius 2 is 1.84 bits per heavy atom. The standard InChI is InChI=1S/C18H24O/c1-16-7-14-8-17(10-16,13-19)12-18(9-14,11-16)15-5-3-2-4-6-15/h2-6,14,19H,7-13H2,1H3/t14-,16-,17+,18+/m0/s1. The first-order valence-corrected chi connectivity index (χ1v) is 7.74. The van der Waals surface area contributed by atoms with Gasteiger partial charge in [-0.15, -0.1) is 0 Å². The normalized spacial score (nSPS) is 47.6. The predicted octanol–water partition coefficient (Wildman–Crippen LogP) is 3.91. The third-order valence-electron chi connectivity index (χ3n) is 6.18. The molecular weight excluding hydrogens is 232 g/mol. The smallest absolute Gasteiger partial charge is 0.0488 e. The lowest BCUT2D eigenvalue weighted by Crippen LogP contribution is -2.58. The molecule has 5 rings (SSSR count). The van der Waals surface area contributed by atoms with E-state index in [0.29, 0.717) is 17.4 Å². The van der Waals surface area contributed by atoms with Crippen LogP contribution in [0.25, 0.3) is 0 Å². The first kappa shape index (κ1) is 12.0. The maximum absolute atomic E-state index is 10.0. The van der Waals surface area contributed by atoms with Crippen molar-refractivity contribution in [1.82, 2.24) is 0 Å². The summed E-state index contributed by atoms with van der Waals surface area (Å²) in [7, 11) is 0. The highest BCUT2D eigenvalue weighted by atomic mass is 16.3. The highest BCUT2D eigenvalue weighted by Crippen LogP contribution is 2.69. The Balaban J connectivity index is 1.82. The largest absolute Gasteiger partial charge is 0.396 e. The van der Waals surface area contributed by atoms with E-state index in [1.54, 1.807) is 0 Å². The number of hydrogen-bond donors (Lipinski definition) is 1. The van der Waals surface area contributed by atoms with Gasteiger partial charge < -0.3 is 5.11 Å². The van der Waals surface area contributed by atoms with Crippen LogP contribution in [0.5, 0.6) is 0 Å². The molecule has 0 radical (unpaired) electrons. The number of rotatable bonds is 2. The maximum Gasteiger partial charge on any atom is 0.0488 e. The van der Waals surface area contributed by atoms with E-state index in [2.05, 4.69) is 37.3 Å². The first-order chi connectivity index (χ1) is 9.07. The van der Waals surface area contributed by atoms with Gasteiger partial charge in [0, 0.05) is 6.61 Å². The molecule has 0 unspecified atom stereocenters. The van der Waals surface area contributed by atoms with E-state index < -0.39 is 0 Å². The average molecular weight is 256 g/mol. The molecule has 0 amide bonds. The molecule has 0 spiro atoms. The quantitative estimate of drug-likeness (QED) is 0.850. The van der Waals surface area contributed by atoms with Crippen molar-refractivity contribution in [3.63, 3.8) is 0 Å². The predicted molar refractivity (Wildman–Crippen MR) is 76.9 cm³/mol. The van der Waals surface area contributed by atoms with Crippen molar-refractivity contribution in [2.24, 2.45) is 16.7 Å². The highest BCUT2D eigenvalue weighted by Gasteiger charge is 2.61. The molecule has 1 aromatic rings. The molecule has 1 aromatic carbocycles. The van der Waals surface area contributed by atoms with Gasteiger partial charge in [0.15, 0.2) is 0 Å². The Morgan fingerprint density at radius 1 is 1.05 bits per heavy atom. The van der Waals surface area contributed by atoms with Crippen LogP contribution in [0.15, 0.2) is 30.3 Å². The fourth-order valence-electron chi connectivity index (χ4n) is 6.43. The second-order valence-corrected chi connectivity index (χ2v) is 8.12. The molecule has 4 fully saturated rings. The number of benzene rings is 1. The van der Waals surface area contributed by atoms with Crippen LogP contribution >= 0.6 is 0 Å². The van der Waals surface area contributed by atoms with Crippen molar-refractivity contribution < 1.29 is 5.11 Å². The summed E-state index contributed by atoms with van der Waals surface area (Å²) in [6.07, 6.45) is 7.82. The van der Waals surface area contributed by atoms with Gasteiger partial charge in [-0.2, -0.15) is 0 Å². The Kier molecular flexibility index (Phi) is 2.29. The van der Waals surface area contributed by atoms with Crippen LogP contribution in [-0.2, 0) is 5.41 Å². The average Bonchev–Trinajstić information content (AvgIpc) is 2.37. The summed E-state index contributed by atoms with van der Waals surface area (Å²) < 4.78 is 0. The lowest BCUT2D eigenvalue weighted by molar-refractivity contribution is -0.136. The molecule has 4 atom stereocenters. The summed E-state index contributed by atoms with van der Waals surface area (Å²) in [5.74, 6) is 0.841. The highest BCUT2D eigenvalue weighted by molar-refractivity contribution is 5.31. The van der Waals surface area contributed by atoms with E-state index in [1.165, 1.54) is 44.1 Å². The summed E-state index contributed by atoms with van der Waals surface area (Å²) in [4.78, 5) is 0. The van der Waals surface area contributed by atoms with Crippen molar-refractivity contribution in [3.05, 3.63) is 35.9 Å². The van der Waals surface area contributed by atoms with Crippen LogP contribution < -0.4 is 0 Å². The fraction of sp³-hybridized carbons (Fsp3) is 0.667. The van der Waals surface area contributed by atoms with Gasteiger partial charge in [0.05, 0.1) is 0 Å². The summed E-state index contributed by atoms with van der Waals surface area (Å²) >= 11 is 0. The van der Waals surface area contributed by atoms with E-state index in [4.69, 9.17) is 0 Å². The Bertz CT molecular complexity index is 496. The zero-order valence-corrected chi connectivity index (χ0v) is 11.9. The summed E-state index contributed by atoms with van der Waals surface area (Å²) in [5, 5.41) is 10.0. The molecule has 1 N–H and O–H groups in total. The Labute approximate surface area is 116 Å². The van der Waals surface area contributed by atoms with Gasteiger partial charge in [-0.3, -0.25) is 0 Å². The molecule has 4 bridgehead atoms. The van der Waals surface area contributed by atoms with Crippen LogP contribution in [0.1, 0.15) is 51.0 Å². The van der Waals surface area contributed by atoms with Crippen LogP contribution in [0.3, 0.4) is 0 Å². The van der Waals surface area contributed by atoms with Gasteiger partial charge in [-0.05, 0) is 66.3 Å². The third kappa shape index (κ3) is 1.64. The summed E-state index contributed by atoms with van der Waals surface area (Å²) in [6, 6.07) is 11.1. The van der Waals surface area contributed by atoms with Gasteiger partial charge in [0.2, 0.25) is 0 Å². The Hall–Kier alpha value is -0.820. The molecule has 0 aromatic heterocycles. The third-order valence-corrected chi connectivity index (χ3v) is 6.18. The molecule has 1 heteroatoms. The van der Waals surface area contributed by atoms with Gasteiger partial charge in [-0.1, -0.05) is 37.3 Å². The molecule has 4 saturated carbocycles. The van der Waals surface area contributed by atoms with Crippen LogP contribution in [-0.4, -0.2) is 11.7 Å². The van der Waals surface area contributed by atoms with Crippen molar-refractivity contribution in [3.8, 4) is 0 Å². The monoisotopic (exact) mass is 256 g/mol. The van der Waals surface area contributed by atoms with E-state index >= 15 is 0 Å². The second kappa shape index (κ2) is 3.63. The molecule has 102 valence electrons. The van der Waals surface area contributed by atoms with Crippen molar-refractivity contribution >= 4 is 0 Å². The molecule has 0 aliphatic heterocycles. The second-order valence-electron chi connectivity index (χ2n) is 8.12. The summed E-state index contributed by atoms with van der Waals surface area (Å²) in [5.41, 5.74) is 2.59. The number of aliphatic hydroxyl groups is 1. The lowest BCUT2D eigenvalue weighted by atomic mass is 9.39. The van der Waals surface area contributed by atoms with Gasteiger partial charge >= 0.3 is 0 Å². The van der Waals surface area contributed by atoms with Gasteiger partial charge in [0.1, 0.15) is 0 Å². The molecule has 4 aliphatic carbocycles. The number of aliphatic hydroxyl groups excluding tert-OH is 1. The molecule has 1 nitrogen and oxygen atoms in total. The van der Waals surface area contributed by atoms with Crippen LogP contribution in [0.4, 0.5) is 0 Å². The van der Waals surface area contributed by atoms with Gasteiger partial charge in [0.25, 0.3) is 0 Å². The van der Waals surface area contributed by atoms with Crippen molar-refractivity contribution in [2.75, 3.05) is 6.61 Å². The molecule has 0 saturated heterocycles. The van der Waals surface area contributed by atoms with E-state index in [-0.39, 0.29) is 5.41 Å². The van der Waals surface area contributed by atoms with Gasteiger partial charge in [-0.25, -0.2) is 0 Å². The minimum Gasteiger partial charge on any atom is -0.396 e. The minimum atomic E-state index is 0.226.